The van der Waals surface area contributed by atoms with E-state index in [4.69, 9.17) is 15.6 Å². The van der Waals surface area contributed by atoms with Gasteiger partial charge in [-0.2, -0.15) is 13.2 Å². The van der Waals surface area contributed by atoms with Crippen LogP contribution in [0, 0.1) is 0 Å². The van der Waals surface area contributed by atoms with Gasteiger partial charge in [-0.1, -0.05) is 0 Å². The Bertz CT molecular complexity index is 835. The van der Waals surface area contributed by atoms with Gasteiger partial charge in [0.2, 0.25) is 5.91 Å². The maximum absolute atomic E-state index is 13.2. The summed E-state index contributed by atoms with van der Waals surface area (Å²) >= 11 is 0. The Labute approximate surface area is 159 Å². The number of nitrogens with one attached hydrogen (secondary N) is 1. The zero-order valence-corrected chi connectivity index (χ0v) is 14.9. The van der Waals surface area contributed by atoms with Gasteiger partial charge in [-0.05, 0) is 42.5 Å². The van der Waals surface area contributed by atoms with Crippen LogP contribution in [0.2, 0.25) is 0 Å². The number of ether oxygens (including phenoxy) is 1. The fourth-order valence-electron chi connectivity index (χ4n) is 2.93. The standard InChI is InChI=1S/C19H20F3N3O3/c20-19(21,22)16-6-1-12(18(23)27)9-17(16)24-13-2-4-14(5-3-13)25-10-15(11-25)28-8-7-26/h1-6,9,15,24,26H,7-8,10-11H2,(H2,23,27). The molecule has 0 aliphatic carbocycles. The van der Waals surface area contributed by atoms with E-state index < -0.39 is 17.6 Å². The fourth-order valence-corrected chi connectivity index (χ4v) is 2.93. The van der Waals surface area contributed by atoms with Gasteiger partial charge in [0.25, 0.3) is 0 Å². The highest BCUT2D eigenvalue weighted by atomic mass is 19.4. The number of rotatable bonds is 7. The van der Waals surface area contributed by atoms with Crippen LogP contribution in [0.1, 0.15) is 15.9 Å². The zero-order chi connectivity index (χ0) is 20.3. The van der Waals surface area contributed by atoms with Crippen molar-refractivity contribution < 1.29 is 27.8 Å². The maximum atomic E-state index is 13.2. The van der Waals surface area contributed by atoms with Gasteiger partial charge < -0.3 is 25.8 Å². The number of carbonyl (C=O) groups excluding carboxylic acids is 1. The lowest BCUT2D eigenvalue weighted by molar-refractivity contribution is -0.136. The summed E-state index contributed by atoms with van der Waals surface area (Å²) in [7, 11) is 0. The van der Waals surface area contributed by atoms with Crippen molar-refractivity contribution in [1.82, 2.24) is 0 Å². The number of halogens is 3. The van der Waals surface area contributed by atoms with Gasteiger partial charge >= 0.3 is 6.18 Å². The van der Waals surface area contributed by atoms with Crippen molar-refractivity contribution in [3.05, 3.63) is 53.6 Å². The molecule has 1 heterocycles. The van der Waals surface area contributed by atoms with E-state index in [1.54, 1.807) is 24.3 Å². The van der Waals surface area contributed by atoms with Crippen molar-refractivity contribution in [2.24, 2.45) is 5.73 Å². The monoisotopic (exact) mass is 395 g/mol. The Morgan fingerprint density at radius 3 is 2.46 bits per heavy atom. The van der Waals surface area contributed by atoms with Crippen LogP contribution in [0.4, 0.5) is 30.2 Å². The second-order valence-corrected chi connectivity index (χ2v) is 6.42. The van der Waals surface area contributed by atoms with Crippen molar-refractivity contribution in [3.63, 3.8) is 0 Å². The van der Waals surface area contributed by atoms with Gasteiger partial charge in [-0.25, -0.2) is 0 Å². The van der Waals surface area contributed by atoms with Crippen LogP contribution in [0.25, 0.3) is 0 Å². The summed E-state index contributed by atoms with van der Waals surface area (Å²) in [5.74, 6) is -0.803. The van der Waals surface area contributed by atoms with E-state index in [0.717, 1.165) is 23.9 Å². The molecule has 3 rings (SSSR count). The minimum Gasteiger partial charge on any atom is -0.394 e. The molecule has 1 saturated heterocycles. The number of benzene rings is 2. The summed E-state index contributed by atoms with van der Waals surface area (Å²) in [6.07, 6.45) is -4.50. The molecule has 1 fully saturated rings. The molecule has 0 saturated carbocycles. The van der Waals surface area contributed by atoms with Crippen LogP contribution in [0.3, 0.4) is 0 Å². The first-order chi connectivity index (χ1) is 13.3. The van der Waals surface area contributed by atoms with Crippen LogP contribution >= 0.6 is 0 Å². The van der Waals surface area contributed by atoms with Gasteiger partial charge in [-0.15, -0.1) is 0 Å². The van der Waals surface area contributed by atoms with Crippen LogP contribution in [-0.2, 0) is 10.9 Å². The van der Waals surface area contributed by atoms with Crippen LogP contribution in [0.15, 0.2) is 42.5 Å². The number of carbonyl (C=O) groups is 1. The topological polar surface area (TPSA) is 87.8 Å². The first-order valence-corrected chi connectivity index (χ1v) is 8.63. The SMILES string of the molecule is NC(=O)c1ccc(C(F)(F)F)c(Nc2ccc(N3CC(OCCO)C3)cc2)c1. The van der Waals surface area contributed by atoms with E-state index in [0.29, 0.717) is 25.4 Å². The Kier molecular flexibility index (Phi) is 5.76. The second kappa shape index (κ2) is 8.07. The average Bonchev–Trinajstić information content (AvgIpc) is 2.60. The third kappa shape index (κ3) is 4.55. The lowest BCUT2D eigenvalue weighted by atomic mass is 10.1. The molecule has 1 amide bonds. The Morgan fingerprint density at radius 2 is 1.89 bits per heavy atom. The normalized spacial score (nSPS) is 14.6. The highest BCUT2D eigenvalue weighted by molar-refractivity contribution is 5.94. The number of nitrogens with two attached hydrogens (primary N) is 1. The van der Waals surface area contributed by atoms with E-state index in [1.807, 2.05) is 0 Å². The molecule has 2 aromatic carbocycles. The Hall–Kier alpha value is -2.78. The molecule has 0 atom stereocenters. The lowest BCUT2D eigenvalue weighted by Crippen LogP contribution is -2.52. The molecule has 0 unspecified atom stereocenters. The Morgan fingerprint density at radius 1 is 1.21 bits per heavy atom. The van der Waals surface area contributed by atoms with Gasteiger partial charge in [-0.3, -0.25) is 4.79 Å². The number of alkyl halides is 3. The summed E-state index contributed by atoms with van der Waals surface area (Å²) in [6.45, 7) is 1.65. The largest absolute Gasteiger partial charge is 0.418 e. The first kappa shape index (κ1) is 20.0. The van der Waals surface area contributed by atoms with E-state index in [-0.39, 0.29) is 24.0 Å². The number of anilines is 3. The number of aliphatic hydroxyl groups excluding tert-OH is 1. The number of primary amides is 1. The molecule has 1 aliphatic rings. The van der Waals surface area contributed by atoms with Crippen LogP contribution < -0.4 is 16.0 Å². The lowest BCUT2D eigenvalue weighted by Gasteiger charge is -2.40. The molecule has 0 bridgehead atoms. The fraction of sp³-hybridized carbons (Fsp3) is 0.316. The van der Waals surface area contributed by atoms with E-state index in [9.17, 15) is 18.0 Å². The molecule has 4 N–H and O–H groups in total. The summed E-state index contributed by atoms with van der Waals surface area (Å²) in [5, 5.41) is 11.5. The van der Waals surface area contributed by atoms with Gasteiger partial charge in [0.05, 0.1) is 30.6 Å². The van der Waals surface area contributed by atoms with Crippen molar-refractivity contribution in [2.45, 2.75) is 12.3 Å². The van der Waals surface area contributed by atoms with Gasteiger partial charge in [0.1, 0.15) is 0 Å². The number of amides is 1. The highest BCUT2D eigenvalue weighted by Gasteiger charge is 2.34. The van der Waals surface area contributed by atoms with Gasteiger partial charge in [0, 0.05) is 30.0 Å². The summed E-state index contributed by atoms with van der Waals surface area (Å²) in [4.78, 5) is 13.4. The number of hydrogen-bond donors (Lipinski definition) is 3. The molecule has 0 radical (unpaired) electrons. The second-order valence-electron chi connectivity index (χ2n) is 6.42. The smallest absolute Gasteiger partial charge is 0.394 e. The molecule has 28 heavy (non-hydrogen) atoms. The minimum absolute atomic E-state index is 0.0124. The average molecular weight is 395 g/mol. The number of hydrogen-bond acceptors (Lipinski definition) is 5. The third-order valence-electron chi connectivity index (χ3n) is 4.41. The summed E-state index contributed by atoms with van der Waals surface area (Å²) in [5.41, 5.74) is 5.40. The predicted octanol–water partition coefficient (Wildman–Crippen LogP) is 2.75. The highest BCUT2D eigenvalue weighted by Crippen LogP contribution is 2.37. The molecule has 1 aliphatic heterocycles. The Balaban J connectivity index is 1.72. The van der Waals surface area contributed by atoms with Gasteiger partial charge in [0.15, 0.2) is 0 Å². The quantitative estimate of drug-likeness (QED) is 0.671. The van der Waals surface area contributed by atoms with Crippen molar-refractivity contribution in [3.8, 4) is 0 Å². The van der Waals surface area contributed by atoms with Crippen LogP contribution in [0.5, 0.6) is 0 Å². The first-order valence-electron chi connectivity index (χ1n) is 8.63. The maximum Gasteiger partial charge on any atom is 0.418 e. The van der Waals surface area contributed by atoms with E-state index in [1.165, 1.54) is 0 Å². The van der Waals surface area contributed by atoms with Crippen molar-refractivity contribution in [1.29, 1.82) is 0 Å². The molecule has 0 spiro atoms. The van der Waals surface area contributed by atoms with Crippen molar-refractivity contribution in [2.75, 3.05) is 36.5 Å². The molecule has 0 aromatic heterocycles. The zero-order valence-electron chi connectivity index (χ0n) is 14.9. The van der Waals surface area contributed by atoms with E-state index in [2.05, 4.69) is 10.2 Å². The summed E-state index contributed by atoms with van der Waals surface area (Å²) in [6, 6.07) is 9.88. The van der Waals surface area contributed by atoms with Crippen LogP contribution in [-0.4, -0.2) is 43.4 Å². The van der Waals surface area contributed by atoms with Crippen molar-refractivity contribution >= 4 is 23.0 Å². The van der Waals surface area contributed by atoms with E-state index >= 15 is 0 Å². The molecule has 2 aromatic rings. The molecular weight excluding hydrogens is 375 g/mol. The third-order valence-corrected chi connectivity index (χ3v) is 4.41. The summed E-state index contributed by atoms with van der Waals surface area (Å²) < 4.78 is 45.1. The number of aliphatic hydroxyl groups is 1. The predicted molar refractivity (Wildman–Crippen MR) is 98.7 cm³/mol. The minimum atomic E-state index is -4.57. The molecule has 6 nitrogen and oxygen atoms in total. The number of nitrogens with zero attached hydrogens (tertiary/aromatic N) is 1. The molecular formula is C19H20F3N3O3. The molecule has 9 heteroatoms. The molecule has 150 valence electrons.